The second kappa shape index (κ2) is 6.62. The number of hydrogen-bond donors (Lipinski definition) is 0. The molecule has 1 aliphatic rings. The molecule has 84 valence electrons. The van der Waals surface area contributed by atoms with Crippen LogP contribution in [0.5, 0.6) is 0 Å². The minimum absolute atomic E-state index is 0.666. The molecule has 0 aliphatic carbocycles. The fourth-order valence-electron chi connectivity index (χ4n) is 2.48. The Morgan fingerprint density at radius 3 is 2.40 bits per heavy atom. The first-order valence-corrected chi connectivity index (χ1v) is 5.88. The SMILES string of the molecule is C=CCC1CCN(CC=C)C(CC=C)C1. The standard InChI is InChI=1S/C14H23N/c1-4-7-13-9-11-15(10-6-3)14(12-13)8-5-2/h4-6,13-14H,1-3,7-12H2. The zero-order valence-corrected chi connectivity index (χ0v) is 9.70. The summed E-state index contributed by atoms with van der Waals surface area (Å²) >= 11 is 0. The molecule has 1 fully saturated rings. The van der Waals surface area contributed by atoms with E-state index in [9.17, 15) is 0 Å². The van der Waals surface area contributed by atoms with E-state index in [-0.39, 0.29) is 0 Å². The van der Waals surface area contributed by atoms with Gasteiger partial charge in [-0.3, -0.25) is 4.90 Å². The molecule has 0 aromatic heterocycles. The van der Waals surface area contributed by atoms with Gasteiger partial charge in [0, 0.05) is 12.6 Å². The summed E-state index contributed by atoms with van der Waals surface area (Å²) in [5.41, 5.74) is 0. The number of nitrogens with zero attached hydrogens (tertiary/aromatic N) is 1. The second-order valence-corrected chi connectivity index (χ2v) is 4.38. The summed E-state index contributed by atoms with van der Waals surface area (Å²) in [6, 6.07) is 0.666. The van der Waals surface area contributed by atoms with Crippen molar-refractivity contribution >= 4 is 0 Å². The zero-order valence-electron chi connectivity index (χ0n) is 9.70. The van der Waals surface area contributed by atoms with Crippen LogP contribution in [-0.4, -0.2) is 24.0 Å². The van der Waals surface area contributed by atoms with Crippen LogP contribution >= 0.6 is 0 Å². The molecule has 1 heterocycles. The lowest BCUT2D eigenvalue weighted by atomic mass is 9.87. The van der Waals surface area contributed by atoms with Crippen LogP contribution < -0.4 is 0 Å². The van der Waals surface area contributed by atoms with Crippen LogP contribution in [0.1, 0.15) is 25.7 Å². The van der Waals surface area contributed by atoms with Crippen molar-refractivity contribution in [2.45, 2.75) is 31.7 Å². The van der Waals surface area contributed by atoms with Gasteiger partial charge in [0.2, 0.25) is 0 Å². The van der Waals surface area contributed by atoms with Gasteiger partial charge in [-0.1, -0.05) is 18.2 Å². The van der Waals surface area contributed by atoms with Gasteiger partial charge in [0.15, 0.2) is 0 Å². The number of piperidine rings is 1. The minimum Gasteiger partial charge on any atom is -0.296 e. The average Bonchev–Trinajstić information content (AvgIpc) is 2.23. The van der Waals surface area contributed by atoms with Crippen LogP contribution in [-0.2, 0) is 0 Å². The van der Waals surface area contributed by atoms with Gasteiger partial charge in [-0.2, -0.15) is 0 Å². The highest BCUT2D eigenvalue weighted by molar-refractivity contribution is 4.90. The van der Waals surface area contributed by atoms with Crippen LogP contribution in [0.3, 0.4) is 0 Å². The molecule has 2 atom stereocenters. The molecule has 2 unspecified atom stereocenters. The van der Waals surface area contributed by atoms with Crippen LogP contribution in [0.25, 0.3) is 0 Å². The predicted octanol–water partition coefficient (Wildman–Crippen LogP) is 3.41. The summed E-state index contributed by atoms with van der Waals surface area (Å²) in [4.78, 5) is 2.52. The molecule has 15 heavy (non-hydrogen) atoms. The Hall–Kier alpha value is -0.820. The molecule has 0 N–H and O–H groups in total. The van der Waals surface area contributed by atoms with Crippen molar-refractivity contribution in [3.8, 4) is 0 Å². The summed E-state index contributed by atoms with van der Waals surface area (Å²) in [6.07, 6.45) is 10.9. The third kappa shape index (κ3) is 3.67. The summed E-state index contributed by atoms with van der Waals surface area (Å²) in [6.45, 7) is 13.7. The maximum absolute atomic E-state index is 3.85. The normalized spacial score (nSPS) is 27.2. The fraction of sp³-hybridized carbons (Fsp3) is 0.571. The van der Waals surface area contributed by atoms with Gasteiger partial charge >= 0.3 is 0 Å². The summed E-state index contributed by atoms with van der Waals surface area (Å²) in [7, 11) is 0. The van der Waals surface area contributed by atoms with Crippen LogP contribution in [0, 0.1) is 5.92 Å². The van der Waals surface area contributed by atoms with E-state index in [1.165, 1.54) is 19.4 Å². The van der Waals surface area contributed by atoms with Gasteiger partial charge in [-0.25, -0.2) is 0 Å². The molecule has 0 bridgehead atoms. The monoisotopic (exact) mass is 205 g/mol. The Labute approximate surface area is 94.2 Å². The maximum atomic E-state index is 3.85. The Morgan fingerprint density at radius 1 is 1.07 bits per heavy atom. The summed E-state index contributed by atoms with van der Waals surface area (Å²) in [5.74, 6) is 0.827. The van der Waals surface area contributed by atoms with E-state index >= 15 is 0 Å². The quantitative estimate of drug-likeness (QED) is 0.601. The fourth-order valence-corrected chi connectivity index (χ4v) is 2.48. The van der Waals surface area contributed by atoms with Crippen molar-refractivity contribution in [3.63, 3.8) is 0 Å². The van der Waals surface area contributed by atoms with E-state index in [1.54, 1.807) is 0 Å². The lowest BCUT2D eigenvalue weighted by Gasteiger charge is -2.38. The molecule has 0 radical (unpaired) electrons. The summed E-state index contributed by atoms with van der Waals surface area (Å²) < 4.78 is 0. The highest BCUT2D eigenvalue weighted by Crippen LogP contribution is 2.27. The Bertz CT molecular complexity index is 219. The van der Waals surface area contributed by atoms with Crippen molar-refractivity contribution in [1.82, 2.24) is 4.90 Å². The van der Waals surface area contributed by atoms with E-state index in [0.29, 0.717) is 6.04 Å². The molecule has 1 heteroatoms. The Kier molecular flexibility index (Phi) is 5.41. The molecule has 0 spiro atoms. The predicted molar refractivity (Wildman–Crippen MR) is 67.9 cm³/mol. The molecule has 0 saturated carbocycles. The highest BCUT2D eigenvalue weighted by atomic mass is 15.2. The van der Waals surface area contributed by atoms with E-state index in [1.807, 2.05) is 12.2 Å². The maximum Gasteiger partial charge on any atom is 0.0163 e. The number of likely N-dealkylation sites (tertiary alicyclic amines) is 1. The Balaban J connectivity index is 2.51. The molecule has 0 aromatic rings. The van der Waals surface area contributed by atoms with Crippen molar-refractivity contribution in [3.05, 3.63) is 38.0 Å². The first kappa shape index (κ1) is 12.3. The van der Waals surface area contributed by atoms with Gasteiger partial charge < -0.3 is 0 Å². The zero-order chi connectivity index (χ0) is 11.1. The molecule has 1 saturated heterocycles. The summed E-state index contributed by atoms with van der Waals surface area (Å²) in [5, 5.41) is 0. The molecule has 0 aromatic carbocycles. The molecular formula is C14H23N. The largest absolute Gasteiger partial charge is 0.296 e. The topological polar surface area (TPSA) is 3.24 Å². The van der Waals surface area contributed by atoms with E-state index in [4.69, 9.17) is 0 Å². The van der Waals surface area contributed by atoms with Crippen LogP contribution in [0.4, 0.5) is 0 Å². The third-order valence-electron chi connectivity index (χ3n) is 3.25. The van der Waals surface area contributed by atoms with Crippen molar-refractivity contribution in [2.75, 3.05) is 13.1 Å². The van der Waals surface area contributed by atoms with Crippen molar-refractivity contribution < 1.29 is 0 Å². The second-order valence-electron chi connectivity index (χ2n) is 4.38. The van der Waals surface area contributed by atoms with Gasteiger partial charge in [0.1, 0.15) is 0 Å². The molecule has 1 rings (SSSR count). The number of hydrogen-bond acceptors (Lipinski definition) is 1. The smallest absolute Gasteiger partial charge is 0.0163 e. The van der Waals surface area contributed by atoms with Crippen molar-refractivity contribution in [1.29, 1.82) is 0 Å². The van der Waals surface area contributed by atoms with Crippen molar-refractivity contribution in [2.24, 2.45) is 5.92 Å². The highest BCUT2D eigenvalue weighted by Gasteiger charge is 2.25. The van der Waals surface area contributed by atoms with Crippen LogP contribution in [0.2, 0.25) is 0 Å². The molecule has 1 nitrogen and oxygen atoms in total. The minimum atomic E-state index is 0.666. The van der Waals surface area contributed by atoms with E-state index in [0.717, 1.165) is 25.3 Å². The molecule has 1 aliphatic heterocycles. The Morgan fingerprint density at radius 2 is 1.80 bits per heavy atom. The first-order chi connectivity index (χ1) is 7.31. The third-order valence-corrected chi connectivity index (χ3v) is 3.25. The van der Waals surface area contributed by atoms with E-state index in [2.05, 4.69) is 30.7 Å². The number of allylic oxidation sites excluding steroid dienone is 1. The van der Waals surface area contributed by atoms with Gasteiger partial charge in [-0.05, 0) is 38.1 Å². The molecular weight excluding hydrogens is 182 g/mol. The van der Waals surface area contributed by atoms with Gasteiger partial charge in [-0.15, -0.1) is 19.7 Å². The molecule has 0 amide bonds. The van der Waals surface area contributed by atoms with Gasteiger partial charge in [0.05, 0.1) is 0 Å². The average molecular weight is 205 g/mol. The number of rotatable bonds is 6. The lowest BCUT2D eigenvalue weighted by molar-refractivity contribution is 0.127. The lowest BCUT2D eigenvalue weighted by Crippen LogP contribution is -2.42. The van der Waals surface area contributed by atoms with E-state index < -0.39 is 0 Å². The first-order valence-electron chi connectivity index (χ1n) is 5.88. The van der Waals surface area contributed by atoms with Crippen LogP contribution in [0.15, 0.2) is 38.0 Å². The van der Waals surface area contributed by atoms with Gasteiger partial charge in [0.25, 0.3) is 0 Å².